The molecule has 0 radical (unpaired) electrons. The summed E-state index contributed by atoms with van der Waals surface area (Å²) in [6.45, 7) is 4.33. The summed E-state index contributed by atoms with van der Waals surface area (Å²) in [6, 6.07) is 5.91. The molecule has 0 unspecified atom stereocenters. The summed E-state index contributed by atoms with van der Waals surface area (Å²) in [5, 5.41) is 14.1. The Hall–Kier alpha value is -0.880. The van der Waals surface area contributed by atoms with E-state index >= 15 is 0 Å². The van der Waals surface area contributed by atoms with Crippen LogP contribution in [0.25, 0.3) is 0 Å². The first kappa shape index (κ1) is 14.1. The lowest BCUT2D eigenvalue weighted by Crippen LogP contribution is -2.20. The number of hydrogen-bond donors (Lipinski definition) is 1. The lowest BCUT2D eigenvalue weighted by Gasteiger charge is -2.13. The molecule has 1 aliphatic heterocycles. The van der Waals surface area contributed by atoms with Crippen molar-refractivity contribution < 1.29 is 9.63 Å². The van der Waals surface area contributed by atoms with Crippen LogP contribution in [-0.4, -0.2) is 34.4 Å². The first-order valence-electron chi connectivity index (χ1n) is 6.67. The minimum Gasteiger partial charge on any atom is -0.391 e. The topological polar surface area (TPSA) is 49.5 Å². The lowest BCUT2D eigenvalue weighted by atomic mass is 10.0. The van der Waals surface area contributed by atoms with Crippen LogP contribution in [0, 0.1) is 12.8 Å². The van der Waals surface area contributed by atoms with Crippen LogP contribution in [0.3, 0.4) is 0 Å². The molecule has 0 aliphatic carbocycles. The van der Waals surface area contributed by atoms with Crippen LogP contribution in [-0.2, 0) is 13.0 Å². The zero-order valence-corrected chi connectivity index (χ0v) is 12.8. The van der Waals surface area contributed by atoms with Gasteiger partial charge in [0, 0.05) is 42.9 Å². The van der Waals surface area contributed by atoms with Gasteiger partial charge in [-0.05, 0) is 19.1 Å². The molecule has 20 heavy (non-hydrogen) atoms. The zero-order valence-electron chi connectivity index (χ0n) is 11.3. The van der Waals surface area contributed by atoms with Crippen molar-refractivity contribution in [3.63, 3.8) is 0 Å². The normalized spacial score (nSPS) is 23.6. The molecule has 3 rings (SSSR count). The summed E-state index contributed by atoms with van der Waals surface area (Å²) in [5.41, 5.74) is 0.887. The molecule has 2 aromatic rings. The van der Waals surface area contributed by atoms with E-state index in [1.54, 1.807) is 11.3 Å². The molecule has 4 nitrogen and oxygen atoms in total. The Morgan fingerprint density at radius 1 is 1.50 bits per heavy atom. The third-order valence-corrected chi connectivity index (χ3v) is 4.85. The highest BCUT2D eigenvalue weighted by molar-refractivity contribution is 7.16. The van der Waals surface area contributed by atoms with Crippen LogP contribution in [0.15, 0.2) is 22.7 Å². The number of aliphatic hydroxyl groups excluding tert-OH is 1. The Kier molecular flexibility index (Phi) is 4.12. The molecule has 1 saturated heterocycles. The van der Waals surface area contributed by atoms with E-state index in [0.717, 1.165) is 35.3 Å². The molecule has 0 amide bonds. The van der Waals surface area contributed by atoms with E-state index in [0.29, 0.717) is 6.54 Å². The number of aromatic nitrogens is 1. The Balaban J connectivity index is 1.59. The molecule has 108 valence electrons. The van der Waals surface area contributed by atoms with E-state index in [2.05, 4.69) is 10.1 Å². The maximum absolute atomic E-state index is 10.2. The van der Waals surface area contributed by atoms with Gasteiger partial charge in [-0.3, -0.25) is 4.90 Å². The van der Waals surface area contributed by atoms with Gasteiger partial charge < -0.3 is 9.63 Å². The number of halogens is 1. The van der Waals surface area contributed by atoms with Crippen molar-refractivity contribution in [3.05, 3.63) is 38.9 Å². The number of thiophene rings is 1. The van der Waals surface area contributed by atoms with E-state index in [1.165, 1.54) is 4.88 Å². The van der Waals surface area contributed by atoms with Crippen LogP contribution >= 0.6 is 22.9 Å². The number of aliphatic hydroxyl groups is 1. The summed E-state index contributed by atoms with van der Waals surface area (Å²) in [7, 11) is 0. The Labute approximate surface area is 127 Å². The summed E-state index contributed by atoms with van der Waals surface area (Å²) < 4.78 is 6.05. The number of rotatable bonds is 4. The third-order valence-electron chi connectivity index (χ3n) is 3.63. The molecule has 3 heterocycles. The van der Waals surface area contributed by atoms with Gasteiger partial charge in [-0.2, -0.15) is 0 Å². The summed E-state index contributed by atoms with van der Waals surface area (Å²) in [4.78, 5) is 3.50. The van der Waals surface area contributed by atoms with Crippen molar-refractivity contribution in [2.75, 3.05) is 13.1 Å². The van der Waals surface area contributed by atoms with Gasteiger partial charge in [0.1, 0.15) is 5.76 Å². The first-order chi connectivity index (χ1) is 9.60. The Bertz CT molecular complexity index is 583. The SMILES string of the molecule is Cc1cc(C[C@@H]2CN(Cc3ccc(Cl)s3)C[C@H]2O)on1. The van der Waals surface area contributed by atoms with E-state index in [-0.39, 0.29) is 12.0 Å². The molecule has 0 aromatic carbocycles. The predicted molar refractivity (Wildman–Crippen MR) is 79.0 cm³/mol. The van der Waals surface area contributed by atoms with Gasteiger partial charge in [0.2, 0.25) is 0 Å². The number of likely N-dealkylation sites (tertiary alicyclic amines) is 1. The number of aryl methyl sites for hydroxylation is 1. The van der Waals surface area contributed by atoms with Gasteiger partial charge in [-0.15, -0.1) is 11.3 Å². The summed E-state index contributed by atoms with van der Waals surface area (Å²) in [6.07, 6.45) is 0.430. The molecule has 1 aliphatic rings. The Morgan fingerprint density at radius 3 is 3.00 bits per heavy atom. The van der Waals surface area contributed by atoms with Crippen molar-refractivity contribution in [2.45, 2.75) is 26.0 Å². The van der Waals surface area contributed by atoms with Gasteiger partial charge in [-0.25, -0.2) is 0 Å². The van der Waals surface area contributed by atoms with E-state index in [9.17, 15) is 5.11 Å². The van der Waals surface area contributed by atoms with Gasteiger partial charge in [0.25, 0.3) is 0 Å². The highest BCUT2D eigenvalue weighted by Crippen LogP contribution is 2.27. The first-order valence-corrected chi connectivity index (χ1v) is 7.86. The number of β-amino-alcohol motifs (C(OH)–C–C–N with tert-alkyl or cyclic N) is 1. The van der Waals surface area contributed by atoms with Crippen molar-refractivity contribution in [1.82, 2.24) is 10.1 Å². The van der Waals surface area contributed by atoms with Crippen molar-refractivity contribution in [3.8, 4) is 0 Å². The average molecular weight is 313 g/mol. The van der Waals surface area contributed by atoms with Crippen LogP contribution in [0.2, 0.25) is 4.34 Å². The minimum atomic E-state index is -0.309. The second-order valence-corrected chi connectivity index (χ2v) is 7.17. The number of nitrogens with zero attached hydrogens (tertiary/aromatic N) is 2. The van der Waals surface area contributed by atoms with Crippen LogP contribution in [0.4, 0.5) is 0 Å². The third kappa shape index (κ3) is 3.23. The molecule has 2 aromatic heterocycles. The molecule has 0 bridgehead atoms. The minimum absolute atomic E-state index is 0.206. The average Bonchev–Trinajstić information content (AvgIpc) is 3.05. The molecular weight excluding hydrogens is 296 g/mol. The van der Waals surface area contributed by atoms with Crippen molar-refractivity contribution >= 4 is 22.9 Å². The fourth-order valence-electron chi connectivity index (χ4n) is 2.70. The fourth-order valence-corrected chi connectivity index (χ4v) is 3.83. The van der Waals surface area contributed by atoms with E-state index in [4.69, 9.17) is 16.1 Å². The molecule has 0 saturated carbocycles. The molecule has 6 heteroatoms. The zero-order chi connectivity index (χ0) is 14.1. The quantitative estimate of drug-likeness (QED) is 0.943. The lowest BCUT2D eigenvalue weighted by molar-refractivity contribution is 0.137. The molecule has 1 N–H and O–H groups in total. The van der Waals surface area contributed by atoms with Gasteiger partial charge in [-0.1, -0.05) is 16.8 Å². The van der Waals surface area contributed by atoms with E-state index < -0.39 is 0 Å². The predicted octanol–water partition coefficient (Wildman–Crippen LogP) is 2.73. The van der Waals surface area contributed by atoms with Gasteiger partial charge in [0.05, 0.1) is 16.1 Å². The molecule has 1 fully saturated rings. The second kappa shape index (κ2) is 5.85. The number of hydrogen-bond acceptors (Lipinski definition) is 5. The smallest absolute Gasteiger partial charge is 0.137 e. The van der Waals surface area contributed by atoms with Crippen LogP contribution in [0.1, 0.15) is 16.3 Å². The largest absolute Gasteiger partial charge is 0.391 e. The summed E-state index contributed by atoms with van der Waals surface area (Å²) in [5.74, 6) is 1.06. The van der Waals surface area contributed by atoms with Crippen LogP contribution in [0.5, 0.6) is 0 Å². The standard InChI is InChI=1S/C14H17ClN2O2S/c1-9-4-11(19-16-9)5-10-6-17(8-13(10)18)7-12-2-3-14(15)20-12/h2-4,10,13,18H,5-8H2,1H3/t10-,13-/m1/s1. The van der Waals surface area contributed by atoms with Crippen molar-refractivity contribution in [2.24, 2.45) is 5.92 Å². The van der Waals surface area contributed by atoms with Crippen molar-refractivity contribution in [1.29, 1.82) is 0 Å². The van der Waals surface area contributed by atoms with E-state index in [1.807, 2.05) is 25.1 Å². The molecular formula is C14H17ClN2O2S. The highest BCUT2D eigenvalue weighted by Gasteiger charge is 2.32. The fraction of sp³-hybridized carbons (Fsp3) is 0.500. The van der Waals surface area contributed by atoms with Gasteiger partial charge in [0.15, 0.2) is 0 Å². The maximum atomic E-state index is 10.2. The highest BCUT2D eigenvalue weighted by atomic mass is 35.5. The van der Waals surface area contributed by atoms with Gasteiger partial charge >= 0.3 is 0 Å². The summed E-state index contributed by atoms with van der Waals surface area (Å²) >= 11 is 7.54. The molecule has 2 atom stereocenters. The van der Waals surface area contributed by atoms with Crippen LogP contribution < -0.4 is 0 Å². The Morgan fingerprint density at radius 2 is 2.35 bits per heavy atom. The monoisotopic (exact) mass is 312 g/mol. The molecule has 0 spiro atoms. The second-order valence-electron chi connectivity index (χ2n) is 5.37. The maximum Gasteiger partial charge on any atom is 0.137 e.